The Morgan fingerprint density at radius 1 is 1.00 bits per heavy atom. The number of carbonyl (C=O) groups excluding carboxylic acids is 1. The Labute approximate surface area is 159 Å². The van der Waals surface area contributed by atoms with Crippen molar-refractivity contribution < 1.29 is 9.53 Å². The largest absolute Gasteiger partial charge is 0.466 e. The molecule has 0 bridgehead atoms. The van der Waals surface area contributed by atoms with Crippen LogP contribution in [0.15, 0.2) is 58.2 Å². The third kappa shape index (κ3) is 5.59. The predicted octanol–water partition coefficient (Wildman–Crippen LogP) is 6.62. The summed E-state index contributed by atoms with van der Waals surface area (Å²) in [5.74, 6) is -0.299. The van der Waals surface area contributed by atoms with Crippen molar-refractivity contribution in [3.63, 3.8) is 0 Å². The molecular formula is C24H34O2. The van der Waals surface area contributed by atoms with Gasteiger partial charge in [-0.2, -0.15) is 0 Å². The number of rotatable bonds is 5. The van der Waals surface area contributed by atoms with Gasteiger partial charge >= 0.3 is 5.97 Å². The van der Waals surface area contributed by atoms with Crippen molar-refractivity contribution in [3.8, 4) is 0 Å². The highest BCUT2D eigenvalue weighted by atomic mass is 16.5. The Morgan fingerprint density at radius 3 is 2.27 bits per heavy atom. The summed E-state index contributed by atoms with van der Waals surface area (Å²) in [5, 5.41) is 0. The number of hydrogen-bond donors (Lipinski definition) is 0. The smallest absolute Gasteiger partial charge is 0.330 e. The van der Waals surface area contributed by atoms with Crippen LogP contribution in [0.25, 0.3) is 0 Å². The average molecular weight is 355 g/mol. The van der Waals surface area contributed by atoms with Crippen LogP contribution >= 0.6 is 0 Å². The summed E-state index contributed by atoms with van der Waals surface area (Å²) in [4.78, 5) is 11.3. The lowest BCUT2D eigenvalue weighted by atomic mass is 9.72. The molecule has 0 N–H and O–H groups in total. The highest BCUT2D eigenvalue weighted by Gasteiger charge is 2.26. The molecule has 0 saturated heterocycles. The highest BCUT2D eigenvalue weighted by molar-refractivity contribution is 5.83. The molecule has 0 aromatic carbocycles. The number of carbonyl (C=O) groups is 1. The van der Waals surface area contributed by atoms with E-state index in [1.165, 1.54) is 62.0 Å². The van der Waals surface area contributed by atoms with E-state index in [1.807, 2.05) is 13.0 Å². The first kappa shape index (κ1) is 20.5. The molecule has 26 heavy (non-hydrogen) atoms. The standard InChI is InChI=1S/C24H34O2/c1-18(17-23(25)26-5)12-13-20-10-6-7-11-21(20)14-15-22-19(2)9-8-16-24(22,3)4/h12-15,17H,6-11,16H2,1-5H3/b13-12+,15-14+,18-17+. The lowest BCUT2D eigenvalue weighted by molar-refractivity contribution is -0.134. The van der Waals surface area contributed by atoms with Crippen molar-refractivity contribution in [2.24, 2.45) is 5.41 Å². The number of hydrogen-bond acceptors (Lipinski definition) is 2. The molecule has 0 heterocycles. The van der Waals surface area contributed by atoms with E-state index in [1.54, 1.807) is 5.57 Å². The molecule has 2 aliphatic carbocycles. The monoisotopic (exact) mass is 354 g/mol. The molecule has 0 fully saturated rings. The van der Waals surface area contributed by atoms with Crippen LogP contribution in [0.5, 0.6) is 0 Å². The predicted molar refractivity (Wildman–Crippen MR) is 110 cm³/mol. The molecule has 2 heteroatoms. The van der Waals surface area contributed by atoms with Gasteiger partial charge in [0.25, 0.3) is 0 Å². The second-order valence-corrected chi connectivity index (χ2v) is 8.27. The maximum atomic E-state index is 11.3. The van der Waals surface area contributed by atoms with Gasteiger partial charge in [-0.15, -0.1) is 0 Å². The minimum atomic E-state index is -0.299. The van der Waals surface area contributed by atoms with E-state index in [0.29, 0.717) is 0 Å². The molecule has 0 unspecified atom stereocenters. The molecule has 0 aromatic heterocycles. The third-order valence-electron chi connectivity index (χ3n) is 5.64. The van der Waals surface area contributed by atoms with Gasteiger partial charge in [0.2, 0.25) is 0 Å². The van der Waals surface area contributed by atoms with Crippen LogP contribution in [-0.2, 0) is 9.53 Å². The number of ether oxygens (including phenoxy) is 1. The minimum Gasteiger partial charge on any atom is -0.466 e. The van der Waals surface area contributed by atoms with Gasteiger partial charge < -0.3 is 4.74 Å². The normalized spacial score (nSPS) is 21.8. The Bertz CT molecular complexity index is 681. The van der Waals surface area contributed by atoms with Crippen molar-refractivity contribution in [1.29, 1.82) is 0 Å². The molecule has 2 nitrogen and oxygen atoms in total. The number of allylic oxidation sites excluding steroid dienone is 9. The van der Waals surface area contributed by atoms with Crippen LogP contribution in [0.1, 0.15) is 72.6 Å². The second kappa shape index (κ2) is 9.21. The van der Waals surface area contributed by atoms with E-state index < -0.39 is 0 Å². The molecule has 0 aliphatic heterocycles. The second-order valence-electron chi connectivity index (χ2n) is 8.27. The van der Waals surface area contributed by atoms with Crippen molar-refractivity contribution in [1.82, 2.24) is 0 Å². The van der Waals surface area contributed by atoms with E-state index in [4.69, 9.17) is 4.74 Å². The molecular weight excluding hydrogens is 320 g/mol. The van der Waals surface area contributed by atoms with Crippen molar-refractivity contribution >= 4 is 5.97 Å². The summed E-state index contributed by atoms with van der Waals surface area (Å²) < 4.78 is 4.69. The third-order valence-corrected chi connectivity index (χ3v) is 5.64. The van der Waals surface area contributed by atoms with Crippen LogP contribution in [0.4, 0.5) is 0 Å². The Kier molecular flexibility index (Phi) is 7.25. The maximum absolute atomic E-state index is 11.3. The first-order chi connectivity index (χ1) is 12.3. The van der Waals surface area contributed by atoms with Gasteiger partial charge in [-0.05, 0) is 86.5 Å². The summed E-state index contributed by atoms with van der Waals surface area (Å²) in [6, 6.07) is 0. The summed E-state index contributed by atoms with van der Waals surface area (Å²) in [6.07, 6.45) is 19.0. The lowest BCUT2D eigenvalue weighted by Crippen LogP contribution is -2.19. The molecule has 2 aliphatic rings. The number of esters is 1. The van der Waals surface area contributed by atoms with Crippen molar-refractivity contribution in [3.05, 3.63) is 58.2 Å². The Hall–Kier alpha value is -1.83. The minimum absolute atomic E-state index is 0.282. The first-order valence-corrected chi connectivity index (χ1v) is 9.88. The molecule has 0 saturated carbocycles. The van der Waals surface area contributed by atoms with E-state index in [-0.39, 0.29) is 11.4 Å². The van der Waals surface area contributed by atoms with E-state index in [0.717, 1.165) is 18.4 Å². The highest BCUT2D eigenvalue weighted by Crippen LogP contribution is 2.41. The van der Waals surface area contributed by atoms with E-state index in [2.05, 4.69) is 39.0 Å². The molecule has 0 aromatic rings. The number of methoxy groups -OCH3 is 1. The zero-order chi connectivity index (χ0) is 19.2. The van der Waals surface area contributed by atoms with Crippen LogP contribution in [-0.4, -0.2) is 13.1 Å². The molecule has 2 rings (SSSR count). The fraction of sp³-hybridized carbons (Fsp3) is 0.542. The lowest BCUT2D eigenvalue weighted by Gasteiger charge is -2.33. The summed E-state index contributed by atoms with van der Waals surface area (Å²) in [6.45, 7) is 8.96. The van der Waals surface area contributed by atoms with Crippen LogP contribution in [0.3, 0.4) is 0 Å². The van der Waals surface area contributed by atoms with E-state index >= 15 is 0 Å². The van der Waals surface area contributed by atoms with E-state index in [9.17, 15) is 4.79 Å². The zero-order valence-corrected chi connectivity index (χ0v) is 17.2. The fourth-order valence-electron chi connectivity index (χ4n) is 4.05. The molecule has 142 valence electrons. The van der Waals surface area contributed by atoms with Crippen LogP contribution < -0.4 is 0 Å². The van der Waals surface area contributed by atoms with Gasteiger partial charge in [-0.3, -0.25) is 0 Å². The zero-order valence-electron chi connectivity index (χ0n) is 17.2. The van der Waals surface area contributed by atoms with Crippen molar-refractivity contribution in [2.75, 3.05) is 7.11 Å². The van der Waals surface area contributed by atoms with Gasteiger partial charge in [0.15, 0.2) is 0 Å². The van der Waals surface area contributed by atoms with Crippen LogP contribution in [0.2, 0.25) is 0 Å². The summed E-state index contributed by atoms with van der Waals surface area (Å²) in [7, 11) is 1.41. The van der Waals surface area contributed by atoms with Gasteiger partial charge in [-0.25, -0.2) is 4.79 Å². The van der Waals surface area contributed by atoms with Gasteiger partial charge in [0, 0.05) is 6.08 Å². The SMILES string of the molecule is COC(=O)/C=C(C)/C=C/C1=C(/C=C/C2=C(C)CCCC2(C)C)CCCC1. The molecule has 0 radical (unpaired) electrons. The van der Waals surface area contributed by atoms with Crippen molar-refractivity contribution in [2.45, 2.75) is 72.6 Å². The molecule has 0 amide bonds. The van der Waals surface area contributed by atoms with Gasteiger partial charge in [-0.1, -0.05) is 43.7 Å². The average Bonchev–Trinajstić information content (AvgIpc) is 2.59. The van der Waals surface area contributed by atoms with Gasteiger partial charge in [0.1, 0.15) is 0 Å². The Morgan fingerprint density at radius 2 is 1.65 bits per heavy atom. The fourth-order valence-corrected chi connectivity index (χ4v) is 4.05. The maximum Gasteiger partial charge on any atom is 0.330 e. The quantitative estimate of drug-likeness (QED) is 0.315. The van der Waals surface area contributed by atoms with Gasteiger partial charge in [0.05, 0.1) is 7.11 Å². The summed E-state index contributed by atoms with van der Waals surface area (Å²) in [5.41, 5.74) is 7.11. The van der Waals surface area contributed by atoms with Crippen LogP contribution in [0, 0.1) is 5.41 Å². The molecule has 0 atom stereocenters. The first-order valence-electron chi connectivity index (χ1n) is 9.88. The molecule has 0 spiro atoms. The Balaban J connectivity index is 2.24. The topological polar surface area (TPSA) is 26.3 Å². The summed E-state index contributed by atoms with van der Waals surface area (Å²) >= 11 is 0.